The molecule has 0 saturated heterocycles. The van der Waals surface area contributed by atoms with E-state index in [-0.39, 0.29) is 19.1 Å². The van der Waals surface area contributed by atoms with Crippen molar-refractivity contribution in [1.82, 2.24) is 5.32 Å². The third kappa shape index (κ3) is 56.4. The van der Waals surface area contributed by atoms with Crippen molar-refractivity contribution < 1.29 is 32.9 Å². The zero-order chi connectivity index (χ0) is 54.2. The fourth-order valence-electron chi connectivity index (χ4n) is 7.76. The van der Waals surface area contributed by atoms with E-state index in [1.54, 1.807) is 6.08 Å². The van der Waals surface area contributed by atoms with Crippen LogP contribution in [0.3, 0.4) is 0 Å². The lowest BCUT2D eigenvalue weighted by atomic mass is 10.0. The van der Waals surface area contributed by atoms with E-state index in [4.69, 9.17) is 9.05 Å². The minimum atomic E-state index is -4.38. The fourth-order valence-corrected chi connectivity index (χ4v) is 8.49. The Balaban J connectivity index is 4.37. The molecule has 0 aliphatic rings. The van der Waals surface area contributed by atoms with E-state index in [0.717, 1.165) is 96.3 Å². The van der Waals surface area contributed by atoms with E-state index in [9.17, 15) is 19.4 Å². The monoisotopic (exact) mass is 1050 g/mol. The third-order valence-corrected chi connectivity index (χ3v) is 13.3. The number of nitrogens with one attached hydrogen (secondary N) is 1. The summed E-state index contributed by atoms with van der Waals surface area (Å²) in [4.78, 5) is 23.3. The molecule has 3 unspecified atom stereocenters. The Morgan fingerprint density at radius 3 is 1.24 bits per heavy atom. The Labute approximate surface area is 456 Å². The summed E-state index contributed by atoms with van der Waals surface area (Å²) in [5, 5.41) is 13.9. The number of aliphatic hydroxyl groups is 1. The molecule has 0 heterocycles. The van der Waals surface area contributed by atoms with Gasteiger partial charge in [0.05, 0.1) is 39.9 Å². The average Bonchev–Trinajstić information content (AvgIpc) is 3.36. The molecule has 0 aromatic heterocycles. The van der Waals surface area contributed by atoms with Gasteiger partial charge in [-0.25, -0.2) is 4.57 Å². The number of allylic oxidation sites excluding steroid dienone is 21. The van der Waals surface area contributed by atoms with Gasteiger partial charge < -0.3 is 19.8 Å². The first-order chi connectivity index (χ1) is 36.0. The lowest BCUT2D eigenvalue weighted by Gasteiger charge is -2.25. The minimum Gasteiger partial charge on any atom is -0.387 e. The molecule has 9 heteroatoms. The van der Waals surface area contributed by atoms with Gasteiger partial charge in [-0.2, -0.15) is 0 Å². The molecule has 74 heavy (non-hydrogen) atoms. The number of phosphoric ester groups is 1. The number of rotatable bonds is 52. The van der Waals surface area contributed by atoms with E-state index >= 15 is 0 Å². The summed E-state index contributed by atoms with van der Waals surface area (Å²) in [5.74, 6) is -0.224. The van der Waals surface area contributed by atoms with Gasteiger partial charge in [-0.05, 0) is 103 Å². The Morgan fingerprint density at radius 1 is 0.473 bits per heavy atom. The maximum atomic E-state index is 13.0. The van der Waals surface area contributed by atoms with Crippen molar-refractivity contribution in [2.75, 3.05) is 40.9 Å². The number of amides is 1. The summed E-state index contributed by atoms with van der Waals surface area (Å²) in [6.07, 6.45) is 82.7. The van der Waals surface area contributed by atoms with Crippen molar-refractivity contribution >= 4 is 13.7 Å². The Morgan fingerprint density at radius 2 is 0.824 bits per heavy atom. The van der Waals surface area contributed by atoms with Crippen LogP contribution in [0, 0.1) is 0 Å². The van der Waals surface area contributed by atoms with Crippen molar-refractivity contribution in [2.24, 2.45) is 0 Å². The van der Waals surface area contributed by atoms with Gasteiger partial charge >= 0.3 is 7.82 Å². The first kappa shape index (κ1) is 70.6. The van der Waals surface area contributed by atoms with Gasteiger partial charge in [-0.1, -0.05) is 244 Å². The van der Waals surface area contributed by atoms with Crippen molar-refractivity contribution in [1.29, 1.82) is 0 Å². The first-order valence-corrected chi connectivity index (χ1v) is 31.1. The topological polar surface area (TPSA) is 105 Å². The second-order valence-electron chi connectivity index (χ2n) is 20.6. The van der Waals surface area contributed by atoms with E-state index in [1.807, 2.05) is 27.2 Å². The second kappa shape index (κ2) is 54.4. The SMILES string of the molecule is CC/C=C\C/C=C\C/C=C\C/C=C\C/C=C\C/C=C\C/C=C\C/C=C\C/C=C\CCCCCC(=O)NC(COP(=O)(O)OCC[N+](C)(C)C)C(O)/C=C/CC/C=C/CCCCCCCCCCCCCCCCC. The highest BCUT2D eigenvalue weighted by Gasteiger charge is 2.27. The predicted molar refractivity (Wildman–Crippen MR) is 322 cm³/mol. The molecule has 0 aromatic rings. The summed E-state index contributed by atoms with van der Waals surface area (Å²) >= 11 is 0. The van der Waals surface area contributed by atoms with E-state index in [2.05, 4.69) is 141 Å². The number of nitrogens with zero attached hydrogens (tertiary/aromatic N) is 1. The van der Waals surface area contributed by atoms with Crippen LogP contribution in [0.5, 0.6) is 0 Å². The Kier molecular flexibility index (Phi) is 52.0. The highest BCUT2D eigenvalue weighted by Crippen LogP contribution is 2.43. The molecule has 0 bridgehead atoms. The summed E-state index contributed by atoms with van der Waals surface area (Å²) in [6, 6.07) is -0.893. The van der Waals surface area contributed by atoms with Crippen molar-refractivity contribution in [3.8, 4) is 0 Å². The van der Waals surface area contributed by atoms with Crippen molar-refractivity contribution in [2.45, 2.75) is 231 Å². The number of unbranched alkanes of at least 4 members (excludes halogenated alkanes) is 19. The molecule has 8 nitrogen and oxygen atoms in total. The smallest absolute Gasteiger partial charge is 0.387 e. The molecular weight excluding hydrogens is 936 g/mol. The number of aliphatic hydroxyl groups excluding tert-OH is 1. The Hall–Kier alpha value is -3.36. The molecule has 0 spiro atoms. The molecule has 0 aliphatic carbocycles. The summed E-state index contributed by atoms with van der Waals surface area (Å²) in [6.45, 7) is 4.65. The van der Waals surface area contributed by atoms with Crippen LogP contribution in [-0.4, -0.2) is 73.4 Å². The number of hydrogen-bond acceptors (Lipinski definition) is 5. The highest BCUT2D eigenvalue weighted by molar-refractivity contribution is 7.47. The van der Waals surface area contributed by atoms with Crippen LogP contribution in [0.15, 0.2) is 134 Å². The third-order valence-electron chi connectivity index (χ3n) is 12.4. The normalized spacial score (nSPS) is 14.9. The predicted octanol–water partition coefficient (Wildman–Crippen LogP) is 18.3. The van der Waals surface area contributed by atoms with Crippen LogP contribution in [0.25, 0.3) is 0 Å². The minimum absolute atomic E-state index is 0.0417. The van der Waals surface area contributed by atoms with Crippen LogP contribution in [-0.2, 0) is 18.4 Å². The molecule has 422 valence electrons. The summed E-state index contributed by atoms with van der Waals surface area (Å²) in [5.41, 5.74) is 0. The standard InChI is InChI=1S/C65H111N2O6P/c1-6-8-10-12-14-16-18-20-22-24-26-28-29-30-31-32-33-34-35-36-37-39-41-43-45-47-49-51-53-55-57-59-65(69)66-63(62-73-74(70,71)72-61-60-67(3,4)5)64(68)58-56-54-52-50-48-46-44-42-40-38-27-25-23-21-19-17-15-13-11-9-7-2/h8,10,14,16,20,22,26,28,30-31,33-34,36-37,41,43,47-50,56,58,63-64,68H,6-7,9,11-13,15,17-19,21,23-25,27,29,32,35,38-40,42,44-46,51-55,57,59-62H2,1-5H3,(H-,66,69,70,71)/p+1/b10-8-,16-14-,22-20-,28-26-,31-30-,34-33-,37-36-,43-41-,49-47-,50-48+,58-56+. The quantitative estimate of drug-likeness (QED) is 0.0243. The molecule has 0 aliphatic heterocycles. The van der Waals surface area contributed by atoms with Gasteiger partial charge in [0, 0.05) is 6.42 Å². The molecule has 0 saturated carbocycles. The molecule has 0 radical (unpaired) electrons. The Bertz CT molecular complexity index is 1660. The first-order valence-electron chi connectivity index (χ1n) is 29.6. The molecule has 3 atom stereocenters. The van der Waals surface area contributed by atoms with Crippen molar-refractivity contribution in [3.63, 3.8) is 0 Å². The van der Waals surface area contributed by atoms with Gasteiger partial charge in [0.25, 0.3) is 0 Å². The van der Waals surface area contributed by atoms with E-state index in [0.29, 0.717) is 23.9 Å². The lowest BCUT2D eigenvalue weighted by Crippen LogP contribution is -2.45. The number of carbonyl (C=O) groups excluding carboxylic acids is 1. The largest absolute Gasteiger partial charge is 0.472 e. The van der Waals surface area contributed by atoms with Crippen LogP contribution < -0.4 is 5.32 Å². The zero-order valence-electron chi connectivity index (χ0n) is 48.0. The fraction of sp³-hybridized carbons (Fsp3) is 0.646. The molecule has 0 rings (SSSR count). The molecule has 1 amide bonds. The van der Waals surface area contributed by atoms with Crippen LogP contribution in [0.4, 0.5) is 0 Å². The van der Waals surface area contributed by atoms with Gasteiger partial charge in [0.2, 0.25) is 5.91 Å². The van der Waals surface area contributed by atoms with Gasteiger partial charge in [0.1, 0.15) is 13.2 Å². The maximum Gasteiger partial charge on any atom is 0.472 e. The molecule has 0 fully saturated rings. The van der Waals surface area contributed by atoms with Crippen LogP contribution in [0.1, 0.15) is 219 Å². The number of quaternary nitrogens is 1. The van der Waals surface area contributed by atoms with Crippen LogP contribution in [0.2, 0.25) is 0 Å². The number of hydrogen-bond donors (Lipinski definition) is 3. The molecule has 3 N–H and O–H groups in total. The lowest BCUT2D eigenvalue weighted by molar-refractivity contribution is -0.870. The van der Waals surface area contributed by atoms with Crippen molar-refractivity contribution in [3.05, 3.63) is 134 Å². The molecular formula is C65H112N2O6P+. The van der Waals surface area contributed by atoms with Gasteiger partial charge in [-0.15, -0.1) is 0 Å². The number of phosphoric acid groups is 1. The summed E-state index contributed by atoms with van der Waals surface area (Å²) in [7, 11) is 1.51. The van der Waals surface area contributed by atoms with Gasteiger partial charge in [0.15, 0.2) is 0 Å². The highest BCUT2D eigenvalue weighted by atomic mass is 31.2. The molecule has 0 aromatic carbocycles. The van der Waals surface area contributed by atoms with E-state index in [1.165, 1.54) is 96.3 Å². The second-order valence-corrected chi connectivity index (χ2v) is 22.1. The number of carbonyl (C=O) groups is 1. The summed E-state index contributed by atoms with van der Waals surface area (Å²) < 4.78 is 23.7. The maximum absolute atomic E-state index is 13.0. The van der Waals surface area contributed by atoms with Gasteiger partial charge in [-0.3, -0.25) is 13.8 Å². The van der Waals surface area contributed by atoms with Crippen LogP contribution >= 0.6 is 7.82 Å². The average molecular weight is 1050 g/mol. The zero-order valence-corrected chi connectivity index (χ0v) is 48.9. The number of likely N-dealkylation sites (N-methyl/N-ethyl adjacent to an activating group) is 1. The van der Waals surface area contributed by atoms with E-state index < -0.39 is 20.0 Å².